The average molecular weight is 328 g/mol. The molecule has 6 heteroatoms. The molecular formula is C17H16N2O3S. The van der Waals surface area contributed by atoms with Gasteiger partial charge in [-0.25, -0.2) is 4.98 Å². The summed E-state index contributed by atoms with van der Waals surface area (Å²) in [5.41, 5.74) is 1.61. The summed E-state index contributed by atoms with van der Waals surface area (Å²) in [6, 6.07) is 11.2. The molecule has 0 fully saturated rings. The van der Waals surface area contributed by atoms with Gasteiger partial charge < -0.3 is 9.15 Å². The molecule has 0 radical (unpaired) electrons. The molecule has 0 saturated carbocycles. The van der Waals surface area contributed by atoms with Crippen LogP contribution in [-0.4, -0.2) is 10.9 Å². The fraction of sp³-hybridized carbons (Fsp3) is 0.176. The van der Waals surface area contributed by atoms with Crippen molar-refractivity contribution in [2.75, 3.05) is 5.32 Å². The van der Waals surface area contributed by atoms with Crippen molar-refractivity contribution in [2.24, 2.45) is 0 Å². The number of ether oxygens (including phenoxy) is 1. The normalized spacial score (nSPS) is 10.5. The molecule has 0 atom stereocenters. The molecule has 2 aromatic heterocycles. The summed E-state index contributed by atoms with van der Waals surface area (Å²) in [5, 5.41) is 3.33. The lowest BCUT2D eigenvalue weighted by Gasteiger charge is -2.06. The van der Waals surface area contributed by atoms with Crippen LogP contribution in [0.3, 0.4) is 0 Å². The number of furan rings is 1. The van der Waals surface area contributed by atoms with Gasteiger partial charge in [0.25, 0.3) is 5.91 Å². The van der Waals surface area contributed by atoms with E-state index in [-0.39, 0.29) is 18.3 Å². The number of anilines is 1. The van der Waals surface area contributed by atoms with Crippen molar-refractivity contribution in [3.8, 4) is 5.75 Å². The van der Waals surface area contributed by atoms with E-state index in [1.54, 1.807) is 6.07 Å². The summed E-state index contributed by atoms with van der Waals surface area (Å²) in [4.78, 5) is 17.7. The molecule has 118 valence electrons. The number of rotatable bonds is 5. The molecule has 0 aliphatic heterocycles. The van der Waals surface area contributed by atoms with Gasteiger partial charge >= 0.3 is 0 Å². The Labute approximate surface area is 137 Å². The number of nitrogens with zero attached hydrogens (tertiary/aromatic N) is 1. The zero-order chi connectivity index (χ0) is 16.2. The molecular weight excluding hydrogens is 312 g/mol. The lowest BCUT2D eigenvalue weighted by molar-refractivity contribution is 0.0993. The van der Waals surface area contributed by atoms with Crippen LogP contribution in [-0.2, 0) is 6.61 Å². The molecule has 1 aromatic carbocycles. The maximum Gasteiger partial charge on any atom is 0.293 e. The largest absolute Gasteiger partial charge is 0.489 e. The van der Waals surface area contributed by atoms with E-state index in [0.717, 1.165) is 16.3 Å². The average Bonchev–Trinajstić information content (AvgIpc) is 3.13. The number of carbonyl (C=O) groups is 1. The van der Waals surface area contributed by atoms with Gasteiger partial charge in [0.15, 0.2) is 10.9 Å². The van der Waals surface area contributed by atoms with Crippen molar-refractivity contribution in [1.82, 2.24) is 4.98 Å². The lowest BCUT2D eigenvalue weighted by Crippen LogP contribution is -2.13. The molecule has 0 saturated heterocycles. The van der Waals surface area contributed by atoms with Crippen LogP contribution in [0.2, 0.25) is 0 Å². The summed E-state index contributed by atoms with van der Waals surface area (Å²) >= 11 is 1.44. The second kappa shape index (κ2) is 6.66. The number of hydrogen-bond acceptors (Lipinski definition) is 5. The minimum Gasteiger partial charge on any atom is -0.489 e. The second-order valence-electron chi connectivity index (χ2n) is 4.99. The topological polar surface area (TPSA) is 64.4 Å². The van der Waals surface area contributed by atoms with Crippen LogP contribution >= 0.6 is 11.3 Å². The zero-order valence-corrected chi connectivity index (χ0v) is 13.6. The SMILES string of the molecule is Cc1nc(NC(=O)c2occc2COc2ccccc2)sc1C. The number of aryl methyl sites for hydroxylation is 2. The quantitative estimate of drug-likeness (QED) is 0.763. The predicted octanol–water partition coefficient (Wildman–Crippen LogP) is 4.18. The highest BCUT2D eigenvalue weighted by molar-refractivity contribution is 7.15. The Morgan fingerprint density at radius 1 is 1.26 bits per heavy atom. The zero-order valence-electron chi connectivity index (χ0n) is 12.8. The summed E-state index contributed by atoms with van der Waals surface area (Å²) in [5.74, 6) is 0.660. The standard InChI is InChI=1S/C17H16N2O3S/c1-11-12(2)23-17(18-11)19-16(20)15-13(8-9-21-15)10-22-14-6-4-3-5-7-14/h3-9H,10H2,1-2H3,(H,18,19,20). The van der Waals surface area contributed by atoms with Crippen LogP contribution in [0.5, 0.6) is 5.75 Å². The van der Waals surface area contributed by atoms with E-state index >= 15 is 0 Å². The molecule has 23 heavy (non-hydrogen) atoms. The van der Waals surface area contributed by atoms with Crippen LogP contribution in [0.1, 0.15) is 26.7 Å². The molecule has 3 rings (SSSR count). The molecule has 2 heterocycles. The molecule has 0 bridgehead atoms. The van der Waals surface area contributed by atoms with Crippen LogP contribution in [0.4, 0.5) is 5.13 Å². The van der Waals surface area contributed by atoms with Crippen molar-refractivity contribution in [3.63, 3.8) is 0 Å². The Hall–Kier alpha value is -2.60. The highest BCUT2D eigenvalue weighted by atomic mass is 32.1. The highest BCUT2D eigenvalue weighted by Gasteiger charge is 2.17. The summed E-state index contributed by atoms with van der Waals surface area (Å²) in [7, 11) is 0. The number of carbonyl (C=O) groups excluding carboxylic acids is 1. The number of thiazole rings is 1. The number of amides is 1. The molecule has 5 nitrogen and oxygen atoms in total. The van der Waals surface area contributed by atoms with Gasteiger partial charge in [-0.05, 0) is 32.0 Å². The van der Waals surface area contributed by atoms with E-state index < -0.39 is 0 Å². The lowest BCUT2D eigenvalue weighted by atomic mass is 10.2. The minimum absolute atomic E-state index is 0.242. The summed E-state index contributed by atoms with van der Waals surface area (Å²) < 4.78 is 11.0. The number of benzene rings is 1. The van der Waals surface area contributed by atoms with Crippen molar-refractivity contribution in [3.05, 3.63) is 64.6 Å². The first-order valence-corrected chi connectivity index (χ1v) is 7.94. The van der Waals surface area contributed by atoms with Crippen LogP contribution in [0, 0.1) is 13.8 Å². The van der Waals surface area contributed by atoms with Crippen molar-refractivity contribution < 1.29 is 13.9 Å². The van der Waals surface area contributed by atoms with E-state index in [1.807, 2.05) is 44.2 Å². The van der Waals surface area contributed by atoms with E-state index in [2.05, 4.69) is 10.3 Å². The Morgan fingerprint density at radius 3 is 2.74 bits per heavy atom. The number of hydrogen-bond donors (Lipinski definition) is 1. The maximum atomic E-state index is 12.3. The van der Waals surface area contributed by atoms with Crippen molar-refractivity contribution in [1.29, 1.82) is 0 Å². The third-order valence-electron chi connectivity index (χ3n) is 3.34. The maximum absolute atomic E-state index is 12.3. The summed E-state index contributed by atoms with van der Waals surface area (Å²) in [6.45, 7) is 4.14. The first kappa shape index (κ1) is 15.3. The van der Waals surface area contributed by atoms with Gasteiger partial charge in [0, 0.05) is 10.4 Å². The van der Waals surface area contributed by atoms with Crippen LogP contribution < -0.4 is 10.1 Å². The fourth-order valence-electron chi connectivity index (χ4n) is 2.01. The van der Waals surface area contributed by atoms with Crippen LogP contribution in [0.25, 0.3) is 0 Å². The summed E-state index contributed by atoms with van der Waals surface area (Å²) in [6.07, 6.45) is 1.48. The molecule has 1 amide bonds. The predicted molar refractivity (Wildman–Crippen MR) is 89.0 cm³/mol. The van der Waals surface area contributed by atoms with Gasteiger partial charge in [-0.2, -0.15) is 0 Å². The molecule has 0 unspecified atom stereocenters. The number of para-hydroxylation sites is 1. The van der Waals surface area contributed by atoms with Crippen molar-refractivity contribution in [2.45, 2.75) is 20.5 Å². The first-order chi connectivity index (χ1) is 11.1. The Kier molecular flexibility index (Phi) is 4.43. The van der Waals surface area contributed by atoms with Gasteiger partial charge in [-0.1, -0.05) is 18.2 Å². The second-order valence-corrected chi connectivity index (χ2v) is 6.19. The minimum atomic E-state index is -0.324. The third kappa shape index (κ3) is 3.60. The van der Waals surface area contributed by atoms with E-state index in [4.69, 9.17) is 9.15 Å². The van der Waals surface area contributed by atoms with Gasteiger partial charge in [0.1, 0.15) is 12.4 Å². The van der Waals surface area contributed by atoms with Gasteiger partial charge in [-0.3, -0.25) is 10.1 Å². The first-order valence-electron chi connectivity index (χ1n) is 7.13. The number of aromatic nitrogens is 1. The van der Waals surface area contributed by atoms with E-state index in [0.29, 0.717) is 10.7 Å². The Bertz CT molecular complexity index is 789. The van der Waals surface area contributed by atoms with Gasteiger partial charge in [-0.15, -0.1) is 11.3 Å². The van der Waals surface area contributed by atoms with Gasteiger partial charge in [0.2, 0.25) is 0 Å². The number of nitrogens with one attached hydrogen (secondary N) is 1. The molecule has 0 aliphatic rings. The fourth-order valence-corrected chi connectivity index (χ4v) is 2.82. The molecule has 0 spiro atoms. The monoisotopic (exact) mass is 328 g/mol. The van der Waals surface area contributed by atoms with Crippen molar-refractivity contribution >= 4 is 22.4 Å². The van der Waals surface area contributed by atoms with Gasteiger partial charge in [0.05, 0.1) is 12.0 Å². The molecule has 0 aliphatic carbocycles. The Morgan fingerprint density at radius 2 is 2.04 bits per heavy atom. The molecule has 1 N–H and O–H groups in total. The van der Waals surface area contributed by atoms with E-state index in [9.17, 15) is 4.79 Å². The molecule has 3 aromatic rings. The van der Waals surface area contributed by atoms with Crippen LogP contribution in [0.15, 0.2) is 47.1 Å². The van der Waals surface area contributed by atoms with E-state index in [1.165, 1.54) is 17.6 Å². The Balaban J connectivity index is 1.68. The smallest absolute Gasteiger partial charge is 0.293 e. The third-order valence-corrected chi connectivity index (χ3v) is 4.33. The highest BCUT2D eigenvalue weighted by Crippen LogP contribution is 2.23.